The Morgan fingerprint density at radius 2 is 1.73 bits per heavy atom. The minimum Gasteiger partial charge on any atom is -0.478 e. The van der Waals surface area contributed by atoms with Gasteiger partial charge in [0.25, 0.3) is 5.91 Å². The summed E-state index contributed by atoms with van der Waals surface area (Å²) in [5.74, 6) is -0.454. The van der Waals surface area contributed by atoms with Crippen molar-refractivity contribution in [3.05, 3.63) is 77.9 Å². The van der Waals surface area contributed by atoms with Crippen LogP contribution in [0.3, 0.4) is 0 Å². The summed E-state index contributed by atoms with van der Waals surface area (Å²) in [4.78, 5) is 29.2. The van der Waals surface area contributed by atoms with Crippen LogP contribution in [0.4, 0.5) is 0 Å². The molecule has 9 nitrogen and oxygen atoms in total. The van der Waals surface area contributed by atoms with Crippen LogP contribution in [0, 0.1) is 0 Å². The summed E-state index contributed by atoms with van der Waals surface area (Å²) in [6, 6.07) is 16.1. The molecule has 9 heteroatoms. The highest BCUT2D eigenvalue weighted by molar-refractivity contribution is 6.24. The molecule has 1 amide bonds. The Labute approximate surface area is 191 Å². The smallest absolute Gasteiger partial charge is 0.328 e. The third-order valence-electron chi connectivity index (χ3n) is 5.11. The van der Waals surface area contributed by atoms with Gasteiger partial charge in [-0.05, 0) is 48.4 Å². The van der Waals surface area contributed by atoms with E-state index >= 15 is 0 Å². The summed E-state index contributed by atoms with van der Waals surface area (Å²) < 4.78 is 5.77. The van der Waals surface area contributed by atoms with Crippen molar-refractivity contribution in [3.8, 4) is 11.5 Å². The molecular formula is C24H27N5O4. The molecule has 0 aromatic heterocycles. The van der Waals surface area contributed by atoms with Gasteiger partial charge in [0.15, 0.2) is 0 Å². The van der Waals surface area contributed by atoms with Crippen molar-refractivity contribution in [2.24, 2.45) is 22.2 Å². The first kappa shape index (κ1) is 23.6. The summed E-state index contributed by atoms with van der Waals surface area (Å²) in [5.41, 5.74) is 18.6. The number of nitrogens with two attached hydrogens (primary N) is 3. The maximum Gasteiger partial charge on any atom is 0.328 e. The van der Waals surface area contributed by atoms with Crippen LogP contribution in [0.5, 0.6) is 11.5 Å². The van der Waals surface area contributed by atoms with Gasteiger partial charge in [-0.1, -0.05) is 24.3 Å². The second-order valence-electron chi connectivity index (χ2n) is 7.55. The predicted molar refractivity (Wildman–Crippen MR) is 127 cm³/mol. The lowest BCUT2D eigenvalue weighted by atomic mass is 10.0. The number of carbonyl (C=O) groups is 2. The molecule has 1 aliphatic rings. The zero-order chi connectivity index (χ0) is 23.8. The quantitative estimate of drug-likeness (QED) is 0.258. The van der Waals surface area contributed by atoms with Gasteiger partial charge in [-0.25, -0.2) is 4.79 Å². The number of amides is 1. The average molecular weight is 450 g/mol. The zero-order valence-electron chi connectivity index (χ0n) is 18.1. The minimum absolute atomic E-state index is 0.0162. The second kappa shape index (κ2) is 11.0. The molecule has 0 aliphatic carbocycles. The number of para-hydroxylation sites is 1. The van der Waals surface area contributed by atoms with Crippen molar-refractivity contribution in [1.82, 2.24) is 4.90 Å². The first-order chi connectivity index (χ1) is 15.8. The lowest BCUT2D eigenvalue weighted by Gasteiger charge is -2.13. The zero-order valence-corrected chi connectivity index (χ0v) is 18.1. The molecule has 0 bridgehead atoms. The molecular weight excluding hydrogens is 422 g/mol. The minimum atomic E-state index is -0.987. The van der Waals surface area contributed by atoms with E-state index in [0.29, 0.717) is 30.2 Å². The van der Waals surface area contributed by atoms with Crippen LogP contribution in [0.2, 0.25) is 0 Å². The first-order valence-corrected chi connectivity index (χ1v) is 10.4. The summed E-state index contributed by atoms with van der Waals surface area (Å²) in [7, 11) is 0. The number of benzene rings is 2. The molecule has 0 saturated carbocycles. The van der Waals surface area contributed by atoms with Crippen LogP contribution in [0.15, 0.2) is 77.3 Å². The Kier molecular flexibility index (Phi) is 7.82. The van der Waals surface area contributed by atoms with Crippen LogP contribution < -0.4 is 21.9 Å². The SMILES string of the molecule is NC(=O)C(C(N)=NC1CCN(C/C=C/C(=O)O)C1)=C(N)c1ccc(Oc2ccccc2)cc1. The second-order valence-corrected chi connectivity index (χ2v) is 7.55. The molecule has 33 heavy (non-hydrogen) atoms. The Balaban J connectivity index is 1.73. The number of ether oxygens (including phenoxy) is 1. The fourth-order valence-corrected chi connectivity index (χ4v) is 3.52. The number of primary amides is 1. The van der Waals surface area contributed by atoms with Crippen LogP contribution in [-0.4, -0.2) is 53.4 Å². The summed E-state index contributed by atoms with van der Waals surface area (Å²) in [6.07, 6.45) is 3.41. The highest BCUT2D eigenvalue weighted by Crippen LogP contribution is 2.24. The van der Waals surface area contributed by atoms with Crippen LogP contribution in [0.1, 0.15) is 12.0 Å². The predicted octanol–water partition coefficient (Wildman–Crippen LogP) is 1.71. The summed E-state index contributed by atoms with van der Waals surface area (Å²) >= 11 is 0. The number of carboxylic acids is 1. The largest absolute Gasteiger partial charge is 0.478 e. The molecule has 1 fully saturated rings. The third kappa shape index (κ3) is 6.68. The number of hydrogen-bond acceptors (Lipinski definition) is 6. The van der Waals surface area contributed by atoms with E-state index in [1.165, 1.54) is 0 Å². The van der Waals surface area contributed by atoms with E-state index < -0.39 is 11.9 Å². The number of aliphatic carboxylic acids is 1. The molecule has 1 atom stereocenters. The monoisotopic (exact) mass is 449 g/mol. The van der Waals surface area contributed by atoms with Gasteiger partial charge in [-0.15, -0.1) is 0 Å². The van der Waals surface area contributed by atoms with Gasteiger partial charge in [0.2, 0.25) is 0 Å². The van der Waals surface area contributed by atoms with Gasteiger partial charge >= 0.3 is 5.97 Å². The van der Waals surface area contributed by atoms with Crippen LogP contribution in [-0.2, 0) is 9.59 Å². The number of carboxylic acid groups (broad SMARTS) is 1. The van der Waals surface area contributed by atoms with E-state index in [0.717, 1.165) is 19.0 Å². The molecule has 0 radical (unpaired) electrons. The van der Waals surface area contributed by atoms with E-state index in [2.05, 4.69) is 4.99 Å². The Morgan fingerprint density at radius 3 is 2.36 bits per heavy atom. The number of rotatable bonds is 9. The van der Waals surface area contributed by atoms with Gasteiger partial charge in [-0.2, -0.15) is 0 Å². The van der Waals surface area contributed by atoms with Crippen molar-refractivity contribution in [2.75, 3.05) is 19.6 Å². The highest BCUT2D eigenvalue weighted by Gasteiger charge is 2.23. The average Bonchev–Trinajstić information content (AvgIpc) is 3.21. The fraction of sp³-hybridized carbons (Fsp3) is 0.208. The normalized spacial score (nSPS) is 17.7. The molecule has 3 rings (SSSR count). The lowest BCUT2D eigenvalue weighted by molar-refractivity contribution is -0.131. The molecule has 1 aliphatic heterocycles. The molecule has 1 heterocycles. The van der Waals surface area contributed by atoms with Gasteiger partial charge in [0.05, 0.1) is 11.7 Å². The number of hydrogen-bond donors (Lipinski definition) is 4. The first-order valence-electron chi connectivity index (χ1n) is 10.4. The molecule has 7 N–H and O–H groups in total. The van der Waals surface area contributed by atoms with Crippen molar-refractivity contribution >= 4 is 23.4 Å². The Hall–Kier alpha value is -4.11. The fourth-order valence-electron chi connectivity index (χ4n) is 3.52. The van der Waals surface area contributed by atoms with Crippen LogP contribution in [0.25, 0.3) is 5.70 Å². The van der Waals surface area contributed by atoms with Crippen LogP contribution >= 0.6 is 0 Å². The number of nitrogens with zero attached hydrogens (tertiary/aromatic N) is 2. The standard InChI is InChI=1S/C24H27N5O4/c25-22(16-8-10-19(11-9-16)33-18-5-2-1-3-6-18)21(24(27)32)23(26)28-17-12-14-29(15-17)13-4-7-20(30)31/h1-11,17H,12-15,25H2,(H2,26,28)(H2,27,32)(H,30,31)/b7-4+,22-21?. The van der Waals surface area contributed by atoms with E-state index in [1.54, 1.807) is 30.3 Å². The van der Waals surface area contributed by atoms with Gasteiger partial charge in [0, 0.05) is 25.7 Å². The molecule has 2 aromatic carbocycles. The third-order valence-corrected chi connectivity index (χ3v) is 5.11. The number of likely N-dealkylation sites (tertiary alicyclic amines) is 1. The highest BCUT2D eigenvalue weighted by atomic mass is 16.5. The van der Waals surface area contributed by atoms with Gasteiger partial charge in [0.1, 0.15) is 22.9 Å². The molecule has 2 aromatic rings. The Bertz CT molecular complexity index is 1080. The van der Waals surface area contributed by atoms with E-state index in [-0.39, 0.29) is 23.1 Å². The van der Waals surface area contributed by atoms with E-state index in [4.69, 9.17) is 27.0 Å². The summed E-state index contributed by atoms with van der Waals surface area (Å²) in [5, 5.41) is 8.69. The maximum atomic E-state index is 12.1. The molecule has 1 saturated heterocycles. The Morgan fingerprint density at radius 1 is 1.06 bits per heavy atom. The molecule has 0 spiro atoms. The van der Waals surface area contributed by atoms with E-state index in [9.17, 15) is 9.59 Å². The van der Waals surface area contributed by atoms with Gasteiger partial charge in [-0.3, -0.25) is 14.7 Å². The maximum absolute atomic E-state index is 12.1. The summed E-state index contributed by atoms with van der Waals surface area (Å²) in [6.45, 7) is 1.82. The van der Waals surface area contributed by atoms with Gasteiger partial charge < -0.3 is 27.0 Å². The number of aliphatic imine (C=N–C) groups is 1. The van der Waals surface area contributed by atoms with Crippen molar-refractivity contribution < 1.29 is 19.4 Å². The van der Waals surface area contributed by atoms with Crippen molar-refractivity contribution in [3.63, 3.8) is 0 Å². The van der Waals surface area contributed by atoms with Crippen molar-refractivity contribution in [2.45, 2.75) is 12.5 Å². The number of carbonyl (C=O) groups excluding carboxylic acids is 1. The lowest BCUT2D eigenvalue weighted by Crippen LogP contribution is -2.31. The van der Waals surface area contributed by atoms with Crippen molar-refractivity contribution in [1.29, 1.82) is 0 Å². The van der Waals surface area contributed by atoms with E-state index in [1.807, 2.05) is 35.2 Å². The molecule has 172 valence electrons. The number of amidine groups is 1. The topological polar surface area (TPSA) is 157 Å². The molecule has 1 unspecified atom stereocenters.